The summed E-state index contributed by atoms with van der Waals surface area (Å²) >= 11 is 0. The van der Waals surface area contributed by atoms with Crippen LogP contribution in [0.25, 0.3) is 0 Å². The van der Waals surface area contributed by atoms with E-state index in [2.05, 4.69) is 0 Å². The molecule has 0 aromatic heterocycles. The number of hydrogen-bond acceptors (Lipinski definition) is 9. The van der Waals surface area contributed by atoms with Gasteiger partial charge in [-0.15, -0.1) is 0 Å². The van der Waals surface area contributed by atoms with Gasteiger partial charge in [0.1, 0.15) is 36.3 Å². The van der Waals surface area contributed by atoms with E-state index in [0.29, 0.717) is 17.9 Å². The Morgan fingerprint density at radius 1 is 0.881 bits per heavy atom. The number of carbonyl (C=O) groups is 3. The highest BCUT2D eigenvalue weighted by Gasteiger charge is 2.49. The van der Waals surface area contributed by atoms with E-state index >= 15 is 0 Å². The first kappa shape index (κ1) is 32.7. The van der Waals surface area contributed by atoms with E-state index in [9.17, 15) is 19.5 Å². The van der Waals surface area contributed by atoms with Crippen molar-refractivity contribution in [1.29, 1.82) is 0 Å². The number of amides is 2. The summed E-state index contributed by atoms with van der Waals surface area (Å²) in [4.78, 5) is 37.5. The monoisotopic (exact) mass is 586 g/mol. The van der Waals surface area contributed by atoms with Gasteiger partial charge in [-0.25, -0.2) is 14.4 Å². The van der Waals surface area contributed by atoms with E-state index in [0.717, 1.165) is 5.56 Å². The zero-order chi connectivity index (χ0) is 31.3. The Kier molecular flexibility index (Phi) is 10.1. The van der Waals surface area contributed by atoms with Gasteiger partial charge in [0.15, 0.2) is 6.73 Å². The first-order valence-electron chi connectivity index (χ1n) is 13.8. The number of aliphatic hydroxyl groups is 1. The topological polar surface area (TPSA) is 124 Å². The molecule has 1 unspecified atom stereocenters. The summed E-state index contributed by atoms with van der Waals surface area (Å²) in [5.41, 5.74) is 0.460. The Labute approximate surface area is 247 Å². The molecule has 230 valence electrons. The Bertz CT molecular complexity index is 1220. The summed E-state index contributed by atoms with van der Waals surface area (Å²) in [5.74, 6) is -1.31. The Morgan fingerprint density at radius 3 is 1.93 bits per heavy atom. The van der Waals surface area contributed by atoms with Gasteiger partial charge in [-0.05, 0) is 85.2 Å². The molecule has 2 aromatic rings. The Balaban J connectivity index is 0.000000291. The number of nitrogens with zero attached hydrogens (tertiary/aromatic N) is 2. The minimum Gasteiger partial charge on any atom is -0.489 e. The third kappa shape index (κ3) is 8.59. The molecule has 3 atom stereocenters. The van der Waals surface area contributed by atoms with Crippen LogP contribution in [0.5, 0.6) is 5.75 Å². The van der Waals surface area contributed by atoms with Gasteiger partial charge in [0, 0.05) is 5.56 Å². The van der Waals surface area contributed by atoms with Crippen LogP contribution in [0, 0.1) is 0 Å². The quantitative estimate of drug-likeness (QED) is 0.383. The molecule has 2 aromatic carbocycles. The fourth-order valence-corrected chi connectivity index (χ4v) is 4.02. The second-order valence-electron chi connectivity index (χ2n) is 12.1. The number of carbonyl (C=O) groups excluding carboxylic acids is 3. The van der Waals surface area contributed by atoms with Crippen LogP contribution in [0.3, 0.4) is 0 Å². The first-order valence-corrected chi connectivity index (χ1v) is 13.8. The second kappa shape index (κ2) is 13.0. The van der Waals surface area contributed by atoms with Crippen molar-refractivity contribution in [3.05, 3.63) is 65.7 Å². The third-order valence-corrected chi connectivity index (χ3v) is 6.38. The lowest BCUT2D eigenvalue weighted by molar-refractivity contribution is -0.185. The Hall–Kier alpha value is -3.83. The first-order chi connectivity index (χ1) is 19.5. The molecule has 0 saturated carbocycles. The summed E-state index contributed by atoms with van der Waals surface area (Å²) < 4.78 is 26.6. The number of rotatable bonds is 4. The fourth-order valence-electron chi connectivity index (χ4n) is 4.02. The number of cyclic esters (lactones) is 1. The highest BCUT2D eigenvalue weighted by atomic mass is 16.7. The number of hydrogen-bond donors (Lipinski definition) is 1. The lowest BCUT2D eigenvalue weighted by Gasteiger charge is -2.30. The van der Waals surface area contributed by atoms with Crippen molar-refractivity contribution in [3.8, 4) is 5.75 Å². The predicted octanol–water partition coefficient (Wildman–Crippen LogP) is 5.15. The Morgan fingerprint density at radius 2 is 1.43 bits per heavy atom. The molecule has 2 heterocycles. The molecule has 0 bridgehead atoms. The zero-order valence-electron chi connectivity index (χ0n) is 25.6. The van der Waals surface area contributed by atoms with Crippen LogP contribution in [-0.2, 0) is 36.1 Å². The molecule has 2 aliphatic heterocycles. The van der Waals surface area contributed by atoms with E-state index in [-0.39, 0.29) is 13.5 Å². The lowest BCUT2D eigenvalue weighted by atomic mass is 9.99. The van der Waals surface area contributed by atoms with E-state index in [4.69, 9.17) is 23.7 Å². The van der Waals surface area contributed by atoms with Crippen LogP contribution in [0.4, 0.5) is 9.59 Å². The average molecular weight is 587 g/mol. The van der Waals surface area contributed by atoms with Crippen molar-refractivity contribution in [1.82, 2.24) is 9.80 Å². The van der Waals surface area contributed by atoms with Crippen molar-refractivity contribution >= 4 is 18.2 Å². The van der Waals surface area contributed by atoms with Gasteiger partial charge in [0.05, 0.1) is 6.04 Å². The number of ether oxygens (including phenoxy) is 5. The van der Waals surface area contributed by atoms with Crippen LogP contribution >= 0.6 is 0 Å². The summed E-state index contributed by atoms with van der Waals surface area (Å²) in [6.07, 6.45) is -1.03. The summed E-state index contributed by atoms with van der Waals surface area (Å²) in [6, 6.07) is 15.8. The van der Waals surface area contributed by atoms with Gasteiger partial charge in [0.2, 0.25) is 5.79 Å². The highest BCUT2D eigenvalue weighted by molar-refractivity contribution is 5.83. The molecule has 2 aliphatic rings. The zero-order valence-corrected chi connectivity index (χ0v) is 25.6. The SMILES string of the molecule is C[C@@H]1N(C(=O)OC(C)(C)C)COC1(O)c1ccc(OCc2ccccc2)cc1.C[C@H]1C(=O)OCN1C(=O)OC(C)(C)C. The van der Waals surface area contributed by atoms with Crippen LogP contribution in [-0.4, -0.2) is 69.8 Å². The van der Waals surface area contributed by atoms with Crippen LogP contribution in [0.15, 0.2) is 54.6 Å². The predicted molar refractivity (Wildman–Crippen MR) is 153 cm³/mol. The van der Waals surface area contributed by atoms with Gasteiger partial charge < -0.3 is 28.8 Å². The van der Waals surface area contributed by atoms with Gasteiger partial charge >= 0.3 is 18.2 Å². The molecule has 2 saturated heterocycles. The molecule has 2 fully saturated rings. The summed E-state index contributed by atoms with van der Waals surface area (Å²) in [5, 5.41) is 11.0. The molecule has 42 heavy (non-hydrogen) atoms. The average Bonchev–Trinajstić information content (AvgIpc) is 3.40. The number of benzene rings is 2. The van der Waals surface area contributed by atoms with Crippen LogP contribution in [0.2, 0.25) is 0 Å². The van der Waals surface area contributed by atoms with Gasteiger partial charge in [0.25, 0.3) is 0 Å². The number of esters is 1. The largest absolute Gasteiger partial charge is 0.489 e. The van der Waals surface area contributed by atoms with Crippen molar-refractivity contribution < 1.29 is 43.2 Å². The molecule has 0 spiro atoms. The molecule has 11 nitrogen and oxygen atoms in total. The van der Waals surface area contributed by atoms with Crippen LogP contribution in [0.1, 0.15) is 66.5 Å². The van der Waals surface area contributed by atoms with Gasteiger partial charge in [-0.1, -0.05) is 30.3 Å². The fraction of sp³-hybridized carbons (Fsp3) is 0.516. The smallest absolute Gasteiger partial charge is 0.413 e. The normalized spacial score (nSPS) is 22.2. The molecular formula is C31H42N2O9. The van der Waals surface area contributed by atoms with Crippen LogP contribution < -0.4 is 4.74 Å². The van der Waals surface area contributed by atoms with Crippen molar-refractivity contribution in [2.24, 2.45) is 0 Å². The molecule has 11 heteroatoms. The lowest BCUT2D eigenvalue weighted by Crippen LogP contribution is -2.45. The molecular weight excluding hydrogens is 544 g/mol. The minimum absolute atomic E-state index is 0.0189. The summed E-state index contributed by atoms with van der Waals surface area (Å²) in [6.45, 7) is 14.5. The van der Waals surface area contributed by atoms with E-state index in [1.54, 1.807) is 79.7 Å². The molecule has 0 radical (unpaired) electrons. The molecule has 2 amide bonds. The molecule has 4 rings (SSSR count). The van der Waals surface area contributed by atoms with E-state index in [1.165, 1.54) is 9.80 Å². The highest BCUT2D eigenvalue weighted by Crippen LogP contribution is 2.36. The van der Waals surface area contributed by atoms with E-state index in [1.807, 2.05) is 30.3 Å². The second-order valence-corrected chi connectivity index (χ2v) is 12.1. The standard InChI is InChI=1S/C22H27NO5.C9H15NO4/c1-16-22(25,27-15-23(16)20(24)28-21(2,3)4)18-10-12-19(13-11-18)26-14-17-8-6-5-7-9-17;1-6-7(11)13-5-10(6)8(12)14-9(2,3)4/h5-13,16,25H,14-15H2,1-4H3;6H,5H2,1-4H3/t16-,22?;6-/m00/s1. The third-order valence-electron chi connectivity index (χ3n) is 6.38. The van der Waals surface area contributed by atoms with Crippen molar-refractivity contribution in [3.63, 3.8) is 0 Å². The van der Waals surface area contributed by atoms with Gasteiger partial charge in [-0.2, -0.15) is 0 Å². The van der Waals surface area contributed by atoms with Crippen molar-refractivity contribution in [2.45, 2.75) is 91.1 Å². The maximum absolute atomic E-state index is 12.4. The van der Waals surface area contributed by atoms with Gasteiger partial charge in [-0.3, -0.25) is 9.80 Å². The minimum atomic E-state index is -1.60. The van der Waals surface area contributed by atoms with E-state index < -0.39 is 47.2 Å². The molecule has 0 aliphatic carbocycles. The molecule has 1 N–H and O–H groups in total. The maximum Gasteiger partial charge on any atom is 0.413 e. The van der Waals surface area contributed by atoms with Crippen molar-refractivity contribution in [2.75, 3.05) is 13.5 Å². The maximum atomic E-state index is 12.4. The summed E-state index contributed by atoms with van der Waals surface area (Å²) in [7, 11) is 0.